The van der Waals surface area contributed by atoms with E-state index in [4.69, 9.17) is 4.74 Å². The van der Waals surface area contributed by atoms with Gasteiger partial charge in [-0.15, -0.1) is 0 Å². The zero-order chi connectivity index (χ0) is 14.2. The highest BCUT2D eigenvalue weighted by molar-refractivity contribution is 5.76. The second-order valence-electron chi connectivity index (χ2n) is 5.30. The molecule has 2 N–H and O–H groups in total. The van der Waals surface area contributed by atoms with Crippen molar-refractivity contribution in [2.45, 2.75) is 44.2 Å². The minimum atomic E-state index is -0.475. The largest absolute Gasteiger partial charge is 0.391 e. The molecule has 1 aromatic carbocycles. The van der Waals surface area contributed by atoms with Crippen LogP contribution in [0.4, 0.5) is 0 Å². The molecule has 4 nitrogen and oxygen atoms in total. The molecule has 1 amide bonds. The van der Waals surface area contributed by atoms with Crippen molar-refractivity contribution in [1.82, 2.24) is 5.32 Å². The van der Waals surface area contributed by atoms with Crippen LogP contribution in [0, 0.1) is 0 Å². The van der Waals surface area contributed by atoms with Gasteiger partial charge < -0.3 is 15.2 Å². The van der Waals surface area contributed by atoms with Gasteiger partial charge in [-0.2, -0.15) is 0 Å². The lowest BCUT2D eigenvalue weighted by Crippen LogP contribution is -2.49. The zero-order valence-corrected chi connectivity index (χ0v) is 11.8. The monoisotopic (exact) mass is 277 g/mol. The SMILES string of the molecule is O=C(CCCCc1ccccc1)N[C@@H]1COCC[C@H]1O. The normalized spacial score (nSPS) is 22.4. The van der Waals surface area contributed by atoms with Gasteiger partial charge in [0, 0.05) is 13.0 Å². The van der Waals surface area contributed by atoms with E-state index in [0.29, 0.717) is 26.1 Å². The lowest BCUT2D eigenvalue weighted by Gasteiger charge is -2.28. The molecule has 0 bridgehead atoms. The van der Waals surface area contributed by atoms with Crippen LogP contribution in [0.3, 0.4) is 0 Å². The van der Waals surface area contributed by atoms with Crippen LogP contribution in [0.2, 0.25) is 0 Å². The predicted molar refractivity (Wildman–Crippen MR) is 77.4 cm³/mol. The summed E-state index contributed by atoms with van der Waals surface area (Å²) in [5.41, 5.74) is 1.31. The summed E-state index contributed by atoms with van der Waals surface area (Å²) in [6, 6.07) is 10.0. The molecule has 20 heavy (non-hydrogen) atoms. The maximum atomic E-state index is 11.8. The molecule has 0 aromatic heterocycles. The minimum Gasteiger partial charge on any atom is -0.391 e. The maximum Gasteiger partial charge on any atom is 0.220 e. The third kappa shape index (κ3) is 4.94. The molecule has 2 atom stereocenters. The molecule has 2 rings (SSSR count). The average Bonchev–Trinajstić information content (AvgIpc) is 2.47. The molecule has 0 unspecified atom stereocenters. The fourth-order valence-electron chi connectivity index (χ4n) is 2.40. The number of carbonyl (C=O) groups is 1. The number of unbranched alkanes of at least 4 members (excludes halogenated alkanes) is 1. The summed E-state index contributed by atoms with van der Waals surface area (Å²) < 4.78 is 5.26. The molecule has 110 valence electrons. The first-order chi connectivity index (χ1) is 9.75. The van der Waals surface area contributed by atoms with Crippen molar-refractivity contribution in [2.24, 2.45) is 0 Å². The Balaban J connectivity index is 1.60. The molecule has 1 saturated heterocycles. The lowest BCUT2D eigenvalue weighted by atomic mass is 10.1. The number of hydrogen-bond acceptors (Lipinski definition) is 3. The van der Waals surface area contributed by atoms with Crippen LogP contribution in [0.1, 0.15) is 31.2 Å². The van der Waals surface area contributed by atoms with Gasteiger partial charge in [-0.25, -0.2) is 0 Å². The van der Waals surface area contributed by atoms with Crippen molar-refractivity contribution in [2.75, 3.05) is 13.2 Å². The van der Waals surface area contributed by atoms with E-state index in [1.807, 2.05) is 18.2 Å². The Kier molecular flexibility index (Phi) is 6.02. The van der Waals surface area contributed by atoms with E-state index in [9.17, 15) is 9.90 Å². The Morgan fingerprint density at radius 3 is 2.85 bits per heavy atom. The molecule has 1 fully saturated rings. The molecule has 0 radical (unpaired) electrons. The molecule has 1 aliphatic rings. The highest BCUT2D eigenvalue weighted by Gasteiger charge is 2.24. The van der Waals surface area contributed by atoms with Gasteiger partial charge in [0.05, 0.1) is 18.8 Å². The van der Waals surface area contributed by atoms with E-state index in [1.165, 1.54) is 5.56 Å². The highest BCUT2D eigenvalue weighted by atomic mass is 16.5. The summed E-state index contributed by atoms with van der Waals surface area (Å²) in [6.45, 7) is 0.988. The van der Waals surface area contributed by atoms with Gasteiger partial charge in [-0.3, -0.25) is 4.79 Å². The quantitative estimate of drug-likeness (QED) is 0.778. The smallest absolute Gasteiger partial charge is 0.220 e. The van der Waals surface area contributed by atoms with E-state index in [-0.39, 0.29) is 11.9 Å². The Bertz CT molecular complexity index is 407. The summed E-state index contributed by atoms with van der Waals surface area (Å²) in [6.07, 6.45) is 3.50. The van der Waals surface area contributed by atoms with E-state index in [0.717, 1.165) is 19.3 Å². The molecule has 0 saturated carbocycles. The van der Waals surface area contributed by atoms with Gasteiger partial charge in [0.1, 0.15) is 0 Å². The van der Waals surface area contributed by atoms with Crippen molar-refractivity contribution in [3.8, 4) is 0 Å². The van der Waals surface area contributed by atoms with Crippen LogP contribution < -0.4 is 5.32 Å². The number of aliphatic hydroxyl groups is 1. The predicted octanol–water partition coefficient (Wildman–Crippen LogP) is 1.67. The number of hydrogen-bond donors (Lipinski definition) is 2. The Hall–Kier alpha value is -1.39. The van der Waals surface area contributed by atoms with Gasteiger partial charge >= 0.3 is 0 Å². The highest BCUT2D eigenvalue weighted by Crippen LogP contribution is 2.09. The van der Waals surface area contributed by atoms with Gasteiger partial charge in [-0.1, -0.05) is 30.3 Å². The van der Waals surface area contributed by atoms with Crippen molar-refractivity contribution in [3.05, 3.63) is 35.9 Å². The molecule has 0 spiro atoms. The van der Waals surface area contributed by atoms with Gasteiger partial charge in [0.15, 0.2) is 0 Å². The summed E-state index contributed by atoms with van der Waals surface area (Å²) in [7, 11) is 0. The summed E-state index contributed by atoms with van der Waals surface area (Å²) >= 11 is 0. The molecule has 1 heterocycles. The van der Waals surface area contributed by atoms with Gasteiger partial charge in [0.25, 0.3) is 0 Å². The summed E-state index contributed by atoms with van der Waals surface area (Å²) in [5.74, 6) is 0.00705. The number of nitrogens with one attached hydrogen (secondary N) is 1. The molecule has 4 heteroatoms. The Labute approximate surface area is 120 Å². The van der Waals surface area contributed by atoms with Crippen LogP contribution in [-0.2, 0) is 16.0 Å². The number of amides is 1. The van der Waals surface area contributed by atoms with Crippen LogP contribution in [0.25, 0.3) is 0 Å². The fraction of sp³-hybridized carbons (Fsp3) is 0.562. The molecule has 0 aliphatic carbocycles. The first-order valence-electron chi connectivity index (χ1n) is 7.35. The second-order valence-corrected chi connectivity index (χ2v) is 5.30. The fourth-order valence-corrected chi connectivity index (χ4v) is 2.40. The average molecular weight is 277 g/mol. The zero-order valence-electron chi connectivity index (χ0n) is 11.8. The third-order valence-corrected chi connectivity index (χ3v) is 3.63. The molecule has 1 aliphatic heterocycles. The van der Waals surface area contributed by atoms with Crippen LogP contribution >= 0.6 is 0 Å². The van der Waals surface area contributed by atoms with Crippen molar-refractivity contribution in [3.63, 3.8) is 0 Å². The van der Waals surface area contributed by atoms with Crippen LogP contribution in [0.15, 0.2) is 30.3 Å². The van der Waals surface area contributed by atoms with E-state index < -0.39 is 6.10 Å². The lowest BCUT2D eigenvalue weighted by molar-refractivity contribution is -0.124. The summed E-state index contributed by atoms with van der Waals surface area (Å²) in [4.78, 5) is 11.8. The third-order valence-electron chi connectivity index (χ3n) is 3.63. The number of ether oxygens (including phenoxy) is 1. The standard InChI is InChI=1S/C16H23NO3/c18-15-10-11-20-12-14(15)17-16(19)9-5-4-8-13-6-2-1-3-7-13/h1-3,6-7,14-15,18H,4-5,8-12H2,(H,17,19)/t14-,15-/m1/s1. The topological polar surface area (TPSA) is 58.6 Å². The van der Waals surface area contributed by atoms with Crippen molar-refractivity contribution < 1.29 is 14.6 Å². The maximum absolute atomic E-state index is 11.8. The molecular weight excluding hydrogens is 254 g/mol. The van der Waals surface area contributed by atoms with Gasteiger partial charge in [0.2, 0.25) is 5.91 Å². The summed E-state index contributed by atoms with van der Waals surface area (Å²) in [5, 5.41) is 12.6. The first-order valence-corrected chi connectivity index (χ1v) is 7.35. The minimum absolute atomic E-state index is 0.00705. The number of rotatable bonds is 6. The van der Waals surface area contributed by atoms with Crippen LogP contribution in [0.5, 0.6) is 0 Å². The van der Waals surface area contributed by atoms with E-state index >= 15 is 0 Å². The van der Waals surface area contributed by atoms with Crippen molar-refractivity contribution >= 4 is 5.91 Å². The van der Waals surface area contributed by atoms with E-state index in [1.54, 1.807) is 0 Å². The molecular formula is C16H23NO3. The number of aliphatic hydroxyl groups excluding tert-OH is 1. The van der Waals surface area contributed by atoms with Crippen molar-refractivity contribution in [1.29, 1.82) is 0 Å². The number of benzene rings is 1. The number of aryl methyl sites for hydroxylation is 1. The van der Waals surface area contributed by atoms with E-state index in [2.05, 4.69) is 17.4 Å². The van der Waals surface area contributed by atoms with Gasteiger partial charge in [-0.05, 0) is 31.2 Å². The Morgan fingerprint density at radius 1 is 1.30 bits per heavy atom. The number of carbonyl (C=O) groups excluding carboxylic acids is 1. The Morgan fingerprint density at radius 2 is 2.10 bits per heavy atom. The first kappa shape index (κ1) is 15.0. The molecule has 1 aromatic rings. The van der Waals surface area contributed by atoms with Crippen LogP contribution in [-0.4, -0.2) is 36.4 Å². The second kappa shape index (κ2) is 8.02.